The van der Waals surface area contributed by atoms with Crippen molar-refractivity contribution in [2.75, 3.05) is 13.2 Å². The van der Waals surface area contributed by atoms with Crippen LogP contribution < -0.4 is 10.1 Å². The molecule has 1 atom stereocenters. The summed E-state index contributed by atoms with van der Waals surface area (Å²) in [6.45, 7) is 5.82. The Bertz CT molecular complexity index is 610. The van der Waals surface area contributed by atoms with Crippen molar-refractivity contribution in [3.8, 4) is 5.75 Å². The molecule has 1 aliphatic rings. The minimum atomic E-state index is 0.190. The lowest BCUT2D eigenvalue weighted by atomic mass is 9.90. The van der Waals surface area contributed by atoms with Crippen LogP contribution in [0.25, 0.3) is 0 Å². The van der Waals surface area contributed by atoms with E-state index in [4.69, 9.17) is 4.74 Å². The largest absolute Gasteiger partial charge is 0.494 e. The van der Waals surface area contributed by atoms with E-state index in [-0.39, 0.29) is 6.04 Å². The monoisotopic (exact) mass is 268 g/mol. The van der Waals surface area contributed by atoms with Gasteiger partial charge in [0.05, 0.1) is 18.3 Å². The standard InChI is InChI=1S/C17H20N2O/c1-3-20-14-6-7-15-13(11-14)8-10-19-17(15)16-12(2)5-4-9-18-16/h4-7,9,11,17,19H,3,8,10H2,1-2H3. The van der Waals surface area contributed by atoms with E-state index < -0.39 is 0 Å². The number of hydrogen-bond donors (Lipinski definition) is 1. The van der Waals surface area contributed by atoms with E-state index in [9.17, 15) is 0 Å². The number of nitrogens with zero attached hydrogens (tertiary/aromatic N) is 1. The van der Waals surface area contributed by atoms with E-state index in [0.717, 1.165) is 24.4 Å². The predicted octanol–water partition coefficient (Wildman–Crippen LogP) is 3.02. The second-order valence-electron chi connectivity index (χ2n) is 5.14. The Labute approximate surface area is 120 Å². The molecule has 3 heteroatoms. The highest BCUT2D eigenvalue weighted by atomic mass is 16.5. The zero-order valence-electron chi connectivity index (χ0n) is 12.0. The highest BCUT2D eigenvalue weighted by Crippen LogP contribution is 2.31. The van der Waals surface area contributed by atoms with Gasteiger partial charge in [0, 0.05) is 12.7 Å². The molecular weight excluding hydrogens is 248 g/mol. The van der Waals surface area contributed by atoms with Gasteiger partial charge >= 0.3 is 0 Å². The Kier molecular flexibility index (Phi) is 3.70. The van der Waals surface area contributed by atoms with Crippen LogP contribution in [0, 0.1) is 6.92 Å². The predicted molar refractivity (Wildman–Crippen MR) is 80.1 cm³/mol. The normalized spacial score (nSPS) is 17.6. The van der Waals surface area contributed by atoms with Gasteiger partial charge in [-0.1, -0.05) is 12.1 Å². The SMILES string of the molecule is CCOc1ccc2c(c1)CCNC2c1ncccc1C. The van der Waals surface area contributed by atoms with Crippen molar-refractivity contribution in [2.45, 2.75) is 26.3 Å². The van der Waals surface area contributed by atoms with Crippen molar-refractivity contribution in [1.29, 1.82) is 0 Å². The van der Waals surface area contributed by atoms with Crippen molar-refractivity contribution >= 4 is 0 Å². The van der Waals surface area contributed by atoms with Crippen LogP contribution >= 0.6 is 0 Å². The summed E-state index contributed by atoms with van der Waals surface area (Å²) in [5.41, 5.74) is 5.04. The number of pyridine rings is 1. The molecule has 0 aliphatic carbocycles. The number of nitrogens with one attached hydrogen (secondary N) is 1. The van der Waals surface area contributed by atoms with Crippen molar-refractivity contribution in [3.05, 3.63) is 58.9 Å². The van der Waals surface area contributed by atoms with Gasteiger partial charge in [0.25, 0.3) is 0 Å². The molecule has 104 valence electrons. The van der Waals surface area contributed by atoms with E-state index in [1.807, 2.05) is 19.2 Å². The summed E-state index contributed by atoms with van der Waals surface area (Å²) in [6, 6.07) is 10.7. The minimum Gasteiger partial charge on any atom is -0.494 e. The number of hydrogen-bond acceptors (Lipinski definition) is 3. The molecule has 0 bridgehead atoms. The third-order valence-electron chi connectivity index (χ3n) is 3.80. The second-order valence-corrected chi connectivity index (χ2v) is 5.14. The van der Waals surface area contributed by atoms with Crippen molar-refractivity contribution in [1.82, 2.24) is 10.3 Å². The van der Waals surface area contributed by atoms with Crippen molar-refractivity contribution < 1.29 is 4.74 Å². The highest BCUT2D eigenvalue weighted by Gasteiger charge is 2.23. The molecule has 0 fully saturated rings. The third-order valence-corrected chi connectivity index (χ3v) is 3.80. The highest BCUT2D eigenvalue weighted by molar-refractivity contribution is 5.43. The maximum Gasteiger partial charge on any atom is 0.119 e. The molecule has 2 aromatic rings. The fourth-order valence-corrected chi connectivity index (χ4v) is 2.84. The average molecular weight is 268 g/mol. The van der Waals surface area contributed by atoms with Gasteiger partial charge < -0.3 is 10.1 Å². The molecule has 3 rings (SSSR count). The van der Waals surface area contributed by atoms with E-state index in [1.165, 1.54) is 16.7 Å². The first kappa shape index (κ1) is 13.1. The molecule has 1 aromatic carbocycles. The lowest BCUT2D eigenvalue weighted by Crippen LogP contribution is -2.31. The van der Waals surface area contributed by atoms with Gasteiger partial charge in [0.15, 0.2) is 0 Å². The van der Waals surface area contributed by atoms with Crippen LogP contribution in [0.4, 0.5) is 0 Å². The van der Waals surface area contributed by atoms with Crippen LogP contribution in [-0.2, 0) is 6.42 Å². The van der Waals surface area contributed by atoms with Gasteiger partial charge in [-0.2, -0.15) is 0 Å². The van der Waals surface area contributed by atoms with Crippen LogP contribution in [0.3, 0.4) is 0 Å². The molecule has 20 heavy (non-hydrogen) atoms. The zero-order valence-corrected chi connectivity index (χ0v) is 12.0. The molecule has 0 spiro atoms. The van der Waals surface area contributed by atoms with E-state index in [1.54, 1.807) is 0 Å². The fourth-order valence-electron chi connectivity index (χ4n) is 2.84. The van der Waals surface area contributed by atoms with Crippen LogP contribution in [0.5, 0.6) is 5.75 Å². The summed E-state index contributed by atoms with van der Waals surface area (Å²) in [6.07, 6.45) is 2.91. The van der Waals surface area contributed by atoms with Gasteiger partial charge in [-0.25, -0.2) is 0 Å². The maximum absolute atomic E-state index is 5.60. The summed E-state index contributed by atoms with van der Waals surface area (Å²) >= 11 is 0. The Morgan fingerprint density at radius 2 is 2.25 bits per heavy atom. The quantitative estimate of drug-likeness (QED) is 0.929. The summed E-state index contributed by atoms with van der Waals surface area (Å²) < 4.78 is 5.60. The first-order chi connectivity index (χ1) is 9.79. The van der Waals surface area contributed by atoms with Crippen LogP contribution in [-0.4, -0.2) is 18.1 Å². The molecule has 1 aromatic heterocycles. The van der Waals surface area contributed by atoms with Gasteiger partial charge in [-0.15, -0.1) is 0 Å². The molecule has 0 radical (unpaired) electrons. The van der Waals surface area contributed by atoms with E-state index >= 15 is 0 Å². The van der Waals surface area contributed by atoms with Crippen molar-refractivity contribution in [3.63, 3.8) is 0 Å². The molecule has 1 unspecified atom stereocenters. The molecular formula is C17H20N2O. The van der Waals surface area contributed by atoms with Crippen molar-refractivity contribution in [2.24, 2.45) is 0 Å². The van der Waals surface area contributed by atoms with Gasteiger partial charge in [-0.3, -0.25) is 4.98 Å². The van der Waals surface area contributed by atoms with Gasteiger partial charge in [-0.05, 0) is 55.2 Å². The molecule has 3 nitrogen and oxygen atoms in total. The zero-order chi connectivity index (χ0) is 13.9. The Morgan fingerprint density at radius 1 is 1.35 bits per heavy atom. The summed E-state index contributed by atoms with van der Waals surface area (Å²) in [5.74, 6) is 0.963. The van der Waals surface area contributed by atoms with Crippen LogP contribution in [0.1, 0.15) is 35.3 Å². The van der Waals surface area contributed by atoms with Gasteiger partial charge in [0.2, 0.25) is 0 Å². The number of ether oxygens (including phenoxy) is 1. The molecule has 0 amide bonds. The molecule has 0 saturated carbocycles. The van der Waals surface area contributed by atoms with Crippen LogP contribution in [0.2, 0.25) is 0 Å². The number of benzene rings is 1. The Morgan fingerprint density at radius 3 is 3.05 bits per heavy atom. The summed E-state index contributed by atoms with van der Waals surface area (Å²) in [5, 5.41) is 3.58. The van der Waals surface area contributed by atoms with Crippen LogP contribution in [0.15, 0.2) is 36.5 Å². The molecule has 1 aliphatic heterocycles. The first-order valence-electron chi connectivity index (χ1n) is 7.20. The number of aryl methyl sites for hydroxylation is 1. The fraction of sp³-hybridized carbons (Fsp3) is 0.353. The smallest absolute Gasteiger partial charge is 0.119 e. The third kappa shape index (κ3) is 2.41. The average Bonchev–Trinajstić information content (AvgIpc) is 2.47. The number of rotatable bonds is 3. The lowest BCUT2D eigenvalue weighted by Gasteiger charge is -2.28. The summed E-state index contributed by atoms with van der Waals surface area (Å²) in [7, 11) is 0. The minimum absolute atomic E-state index is 0.190. The molecule has 1 N–H and O–H groups in total. The number of fused-ring (bicyclic) bond motifs is 1. The topological polar surface area (TPSA) is 34.1 Å². The van der Waals surface area contributed by atoms with E-state index in [0.29, 0.717) is 6.61 Å². The van der Waals surface area contributed by atoms with E-state index in [2.05, 4.69) is 41.5 Å². The maximum atomic E-state index is 5.60. The Balaban J connectivity index is 2.00. The molecule has 0 saturated heterocycles. The molecule has 2 heterocycles. The Hall–Kier alpha value is -1.87. The lowest BCUT2D eigenvalue weighted by molar-refractivity contribution is 0.339. The summed E-state index contributed by atoms with van der Waals surface area (Å²) in [4.78, 5) is 4.57. The second kappa shape index (κ2) is 5.63. The van der Waals surface area contributed by atoms with Gasteiger partial charge in [0.1, 0.15) is 5.75 Å². The first-order valence-corrected chi connectivity index (χ1v) is 7.20. The number of aromatic nitrogens is 1.